The fourth-order valence-corrected chi connectivity index (χ4v) is 2.37. The van der Waals surface area contributed by atoms with Crippen LogP contribution in [0.15, 0.2) is 6.33 Å². The summed E-state index contributed by atoms with van der Waals surface area (Å²) in [5.74, 6) is 1.27. The lowest BCUT2D eigenvalue weighted by atomic mass is 9.99. The SMILES string of the molecule is COCC1CCCN(c2ncnc(Cl)c2N)C1. The first-order valence-electron chi connectivity index (χ1n) is 5.72. The van der Waals surface area contributed by atoms with Crippen LogP contribution in [-0.4, -0.2) is 36.8 Å². The third-order valence-electron chi connectivity index (χ3n) is 3.04. The quantitative estimate of drug-likeness (QED) is 0.832. The van der Waals surface area contributed by atoms with Gasteiger partial charge in [0.05, 0.1) is 6.61 Å². The number of piperidine rings is 1. The standard InChI is InChI=1S/C11H17ClN4O/c1-17-6-8-3-2-4-16(5-8)11-9(13)10(12)14-7-15-11/h7-8H,2-6,13H2,1H3. The zero-order chi connectivity index (χ0) is 12.3. The second-order valence-electron chi connectivity index (χ2n) is 4.31. The monoisotopic (exact) mass is 256 g/mol. The Balaban J connectivity index is 2.13. The number of nitrogen functional groups attached to an aromatic ring is 1. The van der Waals surface area contributed by atoms with E-state index in [9.17, 15) is 0 Å². The molecule has 1 aliphatic heterocycles. The average Bonchev–Trinajstić information content (AvgIpc) is 2.33. The van der Waals surface area contributed by atoms with Gasteiger partial charge < -0.3 is 15.4 Å². The molecule has 94 valence electrons. The molecule has 1 fully saturated rings. The van der Waals surface area contributed by atoms with Crippen molar-refractivity contribution in [3.63, 3.8) is 0 Å². The van der Waals surface area contributed by atoms with Gasteiger partial charge in [-0.3, -0.25) is 0 Å². The molecule has 1 atom stereocenters. The normalized spacial score (nSPS) is 20.6. The van der Waals surface area contributed by atoms with Gasteiger partial charge in [-0.25, -0.2) is 9.97 Å². The van der Waals surface area contributed by atoms with Gasteiger partial charge in [-0.05, 0) is 18.8 Å². The van der Waals surface area contributed by atoms with E-state index in [1.54, 1.807) is 7.11 Å². The number of aromatic nitrogens is 2. The van der Waals surface area contributed by atoms with E-state index in [0.29, 0.717) is 16.8 Å². The van der Waals surface area contributed by atoms with Crippen molar-refractivity contribution in [1.29, 1.82) is 0 Å². The summed E-state index contributed by atoms with van der Waals surface area (Å²) in [5.41, 5.74) is 6.37. The Morgan fingerprint density at radius 1 is 1.59 bits per heavy atom. The highest BCUT2D eigenvalue weighted by molar-refractivity contribution is 6.32. The lowest BCUT2D eigenvalue weighted by molar-refractivity contribution is 0.143. The van der Waals surface area contributed by atoms with Gasteiger partial charge in [0.1, 0.15) is 12.0 Å². The van der Waals surface area contributed by atoms with Gasteiger partial charge in [0, 0.05) is 20.2 Å². The van der Waals surface area contributed by atoms with Crippen LogP contribution in [0, 0.1) is 5.92 Å². The third kappa shape index (κ3) is 2.79. The number of methoxy groups -OCH3 is 1. The highest BCUT2D eigenvalue weighted by atomic mass is 35.5. The highest BCUT2D eigenvalue weighted by Crippen LogP contribution is 2.29. The van der Waals surface area contributed by atoms with Crippen molar-refractivity contribution in [2.24, 2.45) is 5.92 Å². The Kier molecular flexibility index (Phi) is 4.02. The lowest BCUT2D eigenvalue weighted by Crippen LogP contribution is -2.38. The van der Waals surface area contributed by atoms with Crippen LogP contribution < -0.4 is 10.6 Å². The van der Waals surface area contributed by atoms with Crippen LogP contribution in [0.1, 0.15) is 12.8 Å². The fraction of sp³-hybridized carbons (Fsp3) is 0.636. The molecule has 2 N–H and O–H groups in total. The number of anilines is 2. The maximum Gasteiger partial charge on any atom is 0.157 e. The van der Waals surface area contributed by atoms with Crippen LogP contribution in [0.25, 0.3) is 0 Å². The van der Waals surface area contributed by atoms with Gasteiger partial charge in [0.15, 0.2) is 11.0 Å². The summed E-state index contributed by atoms with van der Waals surface area (Å²) in [7, 11) is 1.73. The van der Waals surface area contributed by atoms with Crippen molar-refractivity contribution in [2.45, 2.75) is 12.8 Å². The maximum absolute atomic E-state index is 5.90. The molecule has 0 bridgehead atoms. The van der Waals surface area contributed by atoms with Gasteiger partial charge >= 0.3 is 0 Å². The summed E-state index contributed by atoms with van der Waals surface area (Å²) in [6, 6.07) is 0. The van der Waals surface area contributed by atoms with Gasteiger partial charge in [-0.2, -0.15) is 0 Å². The van der Waals surface area contributed by atoms with E-state index in [2.05, 4.69) is 14.9 Å². The molecular weight excluding hydrogens is 240 g/mol. The van der Waals surface area contributed by atoms with E-state index in [0.717, 1.165) is 31.9 Å². The van der Waals surface area contributed by atoms with Gasteiger partial charge in [0.25, 0.3) is 0 Å². The first-order valence-corrected chi connectivity index (χ1v) is 6.10. The molecule has 5 nitrogen and oxygen atoms in total. The fourth-order valence-electron chi connectivity index (χ4n) is 2.25. The molecule has 1 saturated heterocycles. The summed E-state index contributed by atoms with van der Waals surface area (Å²) in [6.07, 6.45) is 3.76. The first-order chi connectivity index (χ1) is 8.22. The molecule has 2 heterocycles. The third-order valence-corrected chi connectivity index (χ3v) is 3.34. The van der Waals surface area contributed by atoms with E-state index in [1.165, 1.54) is 12.7 Å². The number of hydrogen-bond donors (Lipinski definition) is 1. The second-order valence-corrected chi connectivity index (χ2v) is 4.67. The molecule has 1 unspecified atom stereocenters. The maximum atomic E-state index is 5.90. The van der Waals surface area contributed by atoms with Crippen LogP contribution in [0.2, 0.25) is 5.15 Å². The topological polar surface area (TPSA) is 64.3 Å². The number of nitrogens with two attached hydrogens (primary N) is 1. The summed E-state index contributed by atoms with van der Waals surface area (Å²) in [5, 5.41) is 0.323. The minimum absolute atomic E-state index is 0.323. The van der Waals surface area contributed by atoms with E-state index < -0.39 is 0 Å². The summed E-state index contributed by atoms with van der Waals surface area (Å²) >= 11 is 5.90. The number of halogens is 1. The second kappa shape index (κ2) is 5.51. The van der Waals surface area contributed by atoms with Crippen LogP contribution >= 0.6 is 11.6 Å². The van der Waals surface area contributed by atoms with Gasteiger partial charge in [-0.1, -0.05) is 11.6 Å². The van der Waals surface area contributed by atoms with E-state index in [-0.39, 0.29) is 0 Å². The number of ether oxygens (including phenoxy) is 1. The zero-order valence-electron chi connectivity index (χ0n) is 9.90. The number of rotatable bonds is 3. The molecule has 1 aromatic rings. The largest absolute Gasteiger partial charge is 0.393 e. The molecule has 1 aromatic heterocycles. The molecule has 0 saturated carbocycles. The Labute approximate surface area is 106 Å². The average molecular weight is 257 g/mol. The number of hydrogen-bond acceptors (Lipinski definition) is 5. The molecule has 0 aliphatic carbocycles. The molecule has 0 radical (unpaired) electrons. The zero-order valence-corrected chi connectivity index (χ0v) is 10.7. The molecular formula is C11H17ClN4O. The number of nitrogens with zero attached hydrogens (tertiary/aromatic N) is 3. The summed E-state index contributed by atoms with van der Waals surface area (Å²) < 4.78 is 5.20. The molecule has 1 aliphatic rings. The van der Waals surface area contributed by atoms with E-state index in [4.69, 9.17) is 22.1 Å². The minimum atomic E-state index is 0.323. The molecule has 0 spiro atoms. The van der Waals surface area contributed by atoms with Crippen molar-refractivity contribution in [2.75, 3.05) is 37.4 Å². The van der Waals surface area contributed by atoms with Crippen molar-refractivity contribution in [1.82, 2.24) is 9.97 Å². The molecule has 6 heteroatoms. The molecule has 0 amide bonds. The van der Waals surface area contributed by atoms with Gasteiger partial charge in [0.2, 0.25) is 0 Å². The lowest BCUT2D eigenvalue weighted by Gasteiger charge is -2.33. The van der Waals surface area contributed by atoms with Crippen molar-refractivity contribution in [3.05, 3.63) is 11.5 Å². The predicted molar refractivity (Wildman–Crippen MR) is 68.3 cm³/mol. The van der Waals surface area contributed by atoms with Crippen molar-refractivity contribution in [3.8, 4) is 0 Å². The minimum Gasteiger partial charge on any atom is -0.393 e. The van der Waals surface area contributed by atoms with Crippen LogP contribution in [0.3, 0.4) is 0 Å². The Hall–Kier alpha value is -1.07. The van der Waals surface area contributed by atoms with E-state index >= 15 is 0 Å². The van der Waals surface area contributed by atoms with Crippen molar-refractivity contribution < 1.29 is 4.74 Å². The first kappa shape index (κ1) is 12.4. The molecule has 0 aromatic carbocycles. The summed E-state index contributed by atoms with van der Waals surface area (Å²) in [4.78, 5) is 10.3. The van der Waals surface area contributed by atoms with E-state index in [1.807, 2.05) is 0 Å². The van der Waals surface area contributed by atoms with Crippen LogP contribution in [0.4, 0.5) is 11.5 Å². The predicted octanol–water partition coefficient (Wildman–Crippen LogP) is 1.58. The van der Waals surface area contributed by atoms with Crippen molar-refractivity contribution >= 4 is 23.1 Å². The molecule has 17 heavy (non-hydrogen) atoms. The molecule has 2 rings (SSSR count). The van der Waals surface area contributed by atoms with Gasteiger partial charge in [-0.15, -0.1) is 0 Å². The Morgan fingerprint density at radius 3 is 3.18 bits per heavy atom. The smallest absolute Gasteiger partial charge is 0.157 e. The Bertz CT molecular complexity index is 386. The summed E-state index contributed by atoms with van der Waals surface area (Å²) in [6.45, 7) is 2.64. The van der Waals surface area contributed by atoms with Crippen LogP contribution in [-0.2, 0) is 4.74 Å². The highest BCUT2D eigenvalue weighted by Gasteiger charge is 2.23. The Morgan fingerprint density at radius 2 is 2.41 bits per heavy atom. The van der Waals surface area contributed by atoms with Crippen LogP contribution in [0.5, 0.6) is 0 Å².